The third-order valence-electron chi connectivity index (χ3n) is 6.40. The van der Waals surface area contributed by atoms with Crippen LogP contribution >= 0.6 is 0 Å². The number of nitrogens with one attached hydrogen (secondary N) is 1. The van der Waals surface area contributed by atoms with Crippen LogP contribution in [-0.2, 0) is 0 Å². The van der Waals surface area contributed by atoms with Crippen molar-refractivity contribution in [2.45, 2.75) is 83.6 Å². The molecule has 0 aliphatic heterocycles. The van der Waals surface area contributed by atoms with Crippen LogP contribution in [0.5, 0.6) is 0 Å². The summed E-state index contributed by atoms with van der Waals surface area (Å²) in [6, 6.07) is 0.717. The lowest BCUT2D eigenvalue weighted by atomic mass is 9.48. The molecule has 1 atom stereocenters. The smallest absolute Gasteiger partial charge is 0.00866 e. The molecule has 0 spiro atoms. The fourth-order valence-electron chi connectivity index (χ4n) is 6.14. The number of hydrogen-bond donors (Lipinski definition) is 1. The molecule has 1 unspecified atom stereocenters. The van der Waals surface area contributed by atoms with Crippen LogP contribution in [0.25, 0.3) is 0 Å². The van der Waals surface area contributed by atoms with Gasteiger partial charge in [-0.05, 0) is 93.9 Å². The van der Waals surface area contributed by atoms with Crippen LogP contribution in [0.2, 0.25) is 0 Å². The van der Waals surface area contributed by atoms with Crippen molar-refractivity contribution in [2.24, 2.45) is 23.2 Å². The van der Waals surface area contributed by atoms with E-state index in [4.69, 9.17) is 6.42 Å². The van der Waals surface area contributed by atoms with E-state index in [9.17, 15) is 0 Å². The molecule has 0 aromatic heterocycles. The summed E-state index contributed by atoms with van der Waals surface area (Å²) in [6.45, 7) is 3.45. The molecule has 4 aliphatic rings. The van der Waals surface area contributed by atoms with Gasteiger partial charge in [0.25, 0.3) is 0 Å². The topological polar surface area (TPSA) is 12.0 Å². The van der Waals surface area contributed by atoms with Crippen molar-refractivity contribution in [1.82, 2.24) is 5.32 Å². The maximum atomic E-state index is 5.43. The maximum Gasteiger partial charge on any atom is 0.00866 e. The van der Waals surface area contributed by atoms with Crippen molar-refractivity contribution in [1.29, 1.82) is 0 Å². The summed E-state index contributed by atoms with van der Waals surface area (Å²) in [6.07, 6.45) is 20.8. The molecule has 0 amide bonds. The highest BCUT2D eigenvalue weighted by molar-refractivity contribution is 5.02. The van der Waals surface area contributed by atoms with Crippen LogP contribution in [0.3, 0.4) is 0 Å². The molecule has 0 aromatic carbocycles. The number of rotatable bonds is 8. The predicted molar refractivity (Wildman–Crippen MR) is 90.0 cm³/mol. The van der Waals surface area contributed by atoms with Crippen LogP contribution in [-0.4, -0.2) is 12.6 Å². The van der Waals surface area contributed by atoms with Gasteiger partial charge in [-0.3, -0.25) is 0 Å². The van der Waals surface area contributed by atoms with Crippen LogP contribution in [0.15, 0.2) is 0 Å². The SMILES string of the molecule is C#CCCCC(CC12CC3CC(CC(C3)C1)C2)NCCC. The Morgan fingerprint density at radius 2 is 1.76 bits per heavy atom. The van der Waals surface area contributed by atoms with Gasteiger partial charge in [0.2, 0.25) is 0 Å². The van der Waals surface area contributed by atoms with E-state index < -0.39 is 0 Å². The second kappa shape index (κ2) is 6.74. The van der Waals surface area contributed by atoms with Crippen LogP contribution in [0, 0.1) is 35.5 Å². The largest absolute Gasteiger partial charge is 0.314 e. The van der Waals surface area contributed by atoms with E-state index in [1.807, 2.05) is 0 Å². The lowest BCUT2D eigenvalue weighted by molar-refractivity contribution is -0.0624. The molecule has 4 saturated carbocycles. The van der Waals surface area contributed by atoms with Gasteiger partial charge in [-0.1, -0.05) is 6.92 Å². The number of hydrogen-bond acceptors (Lipinski definition) is 1. The van der Waals surface area contributed by atoms with Gasteiger partial charge < -0.3 is 5.32 Å². The van der Waals surface area contributed by atoms with E-state index in [2.05, 4.69) is 18.2 Å². The molecular formula is C20H33N. The highest BCUT2D eigenvalue weighted by atomic mass is 14.9. The standard InChI is InChI=1S/C20H33N/c1-3-5-6-7-19(21-8-4-2)15-20-12-16-9-17(13-20)11-18(10-16)14-20/h1,16-19,21H,4-15H2,2H3. The zero-order chi connectivity index (χ0) is 14.7. The fraction of sp³-hybridized carbons (Fsp3) is 0.900. The van der Waals surface area contributed by atoms with Crippen molar-refractivity contribution in [3.8, 4) is 12.3 Å². The first-order valence-electron chi connectivity index (χ1n) is 9.40. The Hall–Kier alpha value is -0.480. The summed E-state index contributed by atoms with van der Waals surface area (Å²) in [7, 11) is 0. The molecular weight excluding hydrogens is 254 g/mol. The van der Waals surface area contributed by atoms with Gasteiger partial charge in [0.1, 0.15) is 0 Å². The highest BCUT2D eigenvalue weighted by Gasteiger charge is 2.51. The molecule has 118 valence electrons. The van der Waals surface area contributed by atoms with Gasteiger partial charge in [0.05, 0.1) is 0 Å². The predicted octanol–water partition coefficient (Wildman–Crippen LogP) is 4.76. The van der Waals surface area contributed by atoms with Crippen molar-refractivity contribution >= 4 is 0 Å². The average Bonchev–Trinajstić information content (AvgIpc) is 2.43. The molecule has 1 nitrogen and oxygen atoms in total. The molecule has 1 N–H and O–H groups in total. The third kappa shape index (κ3) is 3.65. The van der Waals surface area contributed by atoms with Crippen molar-refractivity contribution in [2.75, 3.05) is 6.54 Å². The minimum absolute atomic E-state index is 0.705. The van der Waals surface area contributed by atoms with Crippen molar-refractivity contribution < 1.29 is 0 Å². The number of terminal acetylenes is 1. The molecule has 4 rings (SSSR count). The first-order valence-corrected chi connectivity index (χ1v) is 9.40. The van der Waals surface area contributed by atoms with E-state index in [0.717, 1.165) is 30.2 Å². The van der Waals surface area contributed by atoms with Gasteiger partial charge in [0, 0.05) is 12.5 Å². The van der Waals surface area contributed by atoms with Gasteiger partial charge in [-0.15, -0.1) is 12.3 Å². The second-order valence-corrected chi connectivity index (χ2v) is 8.37. The number of unbranched alkanes of at least 4 members (excludes halogenated alkanes) is 1. The first-order chi connectivity index (χ1) is 10.2. The van der Waals surface area contributed by atoms with Gasteiger partial charge in [-0.25, -0.2) is 0 Å². The third-order valence-corrected chi connectivity index (χ3v) is 6.40. The summed E-state index contributed by atoms with van der Waals surface area (Å²) < 4.78 is 0. The molecule has 0 aromatic rings. The summed E-state index contributed by atoms with van der Waals surface area (Å²) in [4.78, 5) is 0. The van der Waals surface area contributed by atoms with Crippen molar-refractivity contribution in [3.63, 3.8) is 0 Å². The molecule has 4 bridgehead atoms. The Balaban J connectivity index is 1.59. The zero-order valence-corrected chi connectivity index (χ0v) is 13.9. The van der Waals surface area contributed by atoms with E-state index in [0.29, 0.717) is 5.41 Å². The average molecular weight is 287 g/mol. The van der Waals surface area contributed by atoms with Crippen LogP contribution in [0.1, 0.15) is 77.6 Å². The lowest BCUT2D eigenvalue weighted by Crippen LogP contribution is -2.49. The fourth-order valence-corrected chi connectivity index (χ4v) is 6.14. The second-order valence-electron chi connectivity index (χ2n) is 8.37. The lowest BCUT2D eigenvalue weighted by Gasteiger charge is -2.57. The Morgan fingerprint density at radius 1 is 1.14 bits per heavy atom. The Morgan fingerprint density at radius 3 is 2.29 bits per heavy atom. The molecule has 4 fully saturated rings. The Kier molecular flexibility index (Phi) is 4.95. The monoisotopic (exact) mass is 287 g/mol. The Labute approximate surface area is 131 Å². The molecule has 0 saturated heterocycles. The van der Waals surface area contributed by atoms with Gasteiger partial charge in [-0.2, -0.15) is 0 Å². The van der Waals surface area contributed by atoms with E-state index in [-0.39, 0.29) is 0 Å². The van der Waals surface area contributed by atoms with E-state index >= 15 is 0 Å². The van der Waals surface area contributed by atoms with Crippen LogP contribution < -0.4 is 5.32 Å². The van der Waals surface area contributed by atoms with Crippen molar-refractivity contribution in [3.05, 3.63) is 0 Å². The Bertz CT molecular complexity index is 343. The minimum Gasteiger partial charge on any atom is -0.314 e. The normalized spacial score (nSPS) is 38.4. The van der Waals surface area contributed by atoms with Crippen LogP contribution in [0.4, 0.5) is 0 Å². The highest BCUT2D eigenvalue weighted by Crippen LogP contribution is 2.61. The van der Waals surface area contributed by atoms with Gasteiger partial charge in [0.15, 0.2) is 0 Å². The van der Waals surface area contributed by atoms with Gasteiger partial charge >= 0.3 is 0 Å². The summed E-state index contributed by atoms with van der Waals surface area (Å²) in [5.74, 6) is 6.04. The first kappa shape index (κ1) is 15.4. The van der Waals surface area contributed by atoms with E-state index in [1.165, 1.54) is 32.2 Å². The zero-order valence-electron chi connectivity index (χ0n) is 13.9. The minimum atomic E-state index is 0.705. The summed E-state index contributed by atoms with van der Waals surface area (Å²) in [5, 5.41) is 3.83. The molecule has 21 heavy (non-hydrogen) atoms. The molecule has 1 heteroatoms. The summed E-state index contributed by atoms with van der Waals surface area (Å²) in [5.41, 5.74) is 0.705. The summed E-state index contributed by atoms with van der Waals surface area (Å²) >= 11 is 0. The maximum absolute atomic E-state index is 5.43. The molecule has 0 radical (unpaired) electrons. The quantitative estimate of drug-likeness (QED) is 0.501. The van der Waals surface area contributed by atoms with E-state index in [1.54, 1.807) is 38.5 Å². The molecule has 4 aliphatic carbocycles. The molecule has 0 heterocycles.